The summed E-state index contributed by atoms with van der Waals surface area (Å²) in [4.78, 5) is 0. The van der Waals surface area contributed by atoms with Gasteiger partial charge in [0.2, 0.25) is 0 Å². The zero-order valence-electron chi connectivity index (χ0n) is 13.2. The normalized spacial score (nSPS) is 12.2. The minimum atomic E-state index is 0.0688. The molecular weight excluding hydrogens is 260 g/mol. The van der Waals surface area contributed by atoms with Gasteiger partial charge in [0, 0.05) is 0 Å². The summed E-state index contributed by atoms with van der Waals surface area (Å²) in [6.07, 6.45) is 0.862. The van der Waals surface area contributed by atoms with Gasteiger partial charge in [-0.3, -0.25) is 11.3 Å². The molecule has 0 radical (unpaired) electrons. The molecule has 0 heterocycles. The summed E-state index contributed by atoms with van der Waals surface area (Å²) in [6.45, 7) is 6.33. The molecule has 0 aliphatic carbocycles. The summed E-state index contributed by atoms with van der Waals surface area (Å²) in [5.41, 5.74) is 9.15. The minimum absolute atomic E-state index is 0.0688. The van der Waals surface area contributed by atoms with E-state index in [0.29, 0.717) is 0 Å². The molecule has 3 N–H and O–H groups in total. The van der Waals surface area contributed by atoms with Crippen LogP contribution in [0.25, 0.3) is 0 Å². The van der Waals surface area contributed by atoms with E-state index in [2.05, 4.69) is 55.7 Å². The Labute approximate surface area is 127 Å². The van der Waals surface area contributed by atoms with E-state index in [9.17, 15) is 0 Å². The molecule has 0 spiro atoms. The van der Waals surface area contributed by atoms with Crippen LogP contribution in [0, 0.1) is 20.8 Å². The third kappa shape index (κ3) is 3.43. The SMILES string of the molecule is COc1cc(C(Cc2c(C)cccc2C)NN)ccc1C. The Balaban J connectivity index is 2.32. The first-order valence-electron chi connectivity index (χ1n) is 7.22. The highest BCUT2D eigenvalue weighted by Crippen LogP contribution is 2.27. The highest BCUT2D eigenvalue weighted by molar-refractivity contribution is 5.40. The van der Waals surface area contributed by atoms with Crippen molar-refractivity contribution in [1.29, 1.82) is 0 Å². The molecule has 0 amide bonds. The fourth-order valence-corrected chi connectivity index (χ4v) is 2.70. The molecule has 0 bridgehead atoms. The predicted molar refractivity (Wildman–Crippen MR) is 87.4 cm³/mol. The van der Waals surface area contributed by atoms with Crippen LogP contribution in [-0.4, -0.2) is 7.11 Å². The Kier molecular flexibility index (Phi) is 4.99. The monoisotopic (exact) mass is 284 g/mol. The standard InChI is InChI=1S/C18H24N2O/c1-12-6-5-7-13(2)16(12)11-17(20-19)15-9-8-14(3)18(10-15)21-4/h5-10,17,20H,11,19H2,1-4H3. The molecule has 3 nitrogen and oxygen atoms in total. The molecule has 1 atom stereocenters. The van der Waals surface area contributed by atoms with Crippen molar-refractivity contribution >= 4 is 0 Å². The molecule has 3 heteroatoms. The number of nitrogens with two attached hydrogens (primary N) is 1. The Hall–Kier alpha value is -1.84. The second-order valence-electron chi connectivity index (χ2n) is 5.52. The number of hydrogen-bond acceptors (Lipinski definition) is 3. The van der Waals surface area contributed by atoms with E-state index in [1.54, 1.807) is 7.11 Å². The molecule has 0 saturated heterocycles. The first-order chi connectivity index (χ1) is 10.1. The zero-order chi connectivity index (χ0) is 15.4. The van der Waals surface area contributed by atoms with Gasteiger partial charge in [0.1, 0.15) is 5.75 Å². The lowest BCUT2D eigenvalue weighted by atomic mass is 9.93. The quantitative estimate of drug-likeness (QED) is 0.653. The van der Waals surface area contributed by atoms with Crippen LogP contribution in [0.3, 0.4) is 0 Å². The largest absolute Gasteiger partial charge is 0.496 e. The molecule has 0 aliphatic heterocycles. The second kappa shape index (κ2) is 6.74. The van der Waals surface area contributed by atoms with Crippen molar-refractivity contribution in [2.45, 2.75) is 33.2 Å². The van der Waals surface area contributed by atoms with E-state index in [4.69, 9.17) is 10.6 Å². The van der Waals surface area contributed by atoms with Crippen molar-refractivity contribution in [2.75, 3.05) is 7.11 Å². The summed E-state index contributed by atoms with van der Waals surface area (Å²) in [6, 6.07) is 12.7. The van der Waals surface area contributed by atoms with Gasteiger partial charge in [0.25, 0.3) is 0 Å². The highest BCUT2D eigenvalue weighted by Gasteiger charge is 2.14. The third-order valence-electron chi connectivity index (χ3n) is 4.09. The van der Waals surface area contributed by atoms with Crippen molar-refractivity contribution < 1.29 is 4.74 Å². The van der Waals surface area contributed by atoms with Crippen LogP contribution in [0.5, 0.6) is 5.75 Å². The average Bonchev–Trinajstić information content (AvgIpc) is 2.48. The van der Waals surface area contributed by atoms with Gasteiger partial charge in [-0.05, 0) is 61.1 Å². The fraction of sp³-hybridized carbons (Fsp3) is 0.333. The van der Waals surface area contributed by atoms with Gasteiger partial charge >= 0.3 is 0 Å². The van der Waals surface area contributed by atoms with Crippen molar-refractivity contribution in [2.24, 2.45) is 5.84 Å². The van der Waals surface area contributed by atoms with Crippen LogP contribution in [-0.2, 0) is 6.42 Å². The van der Waals surface area contributed by atoms with Crippen molar-refractivity contribution in [3.63, 3.8) is 0 Å². The van der Waals surface area contributed by atoms with Gasteiger partial charge in [-0.2, -0.15) is 0 Å². The van der Waals surface area contributed by atoms with E-state index in [1.165, 1.54) is 16.7 Å². The van der Waals surface area contributed by atoms with Crippen LogP contribution in [0.2, 0.25) is 0 Å². The smallest absolute Gasteiger partial charge is 0.122 e. The number of aryl methyl sites for hydroxylation is 3. The predicted octanol–water partition coefficient (Wildman–Crippen LogP) is 3.37. The Morgan fingerprint density at radius 3 is 2.29 bits per heavy atom. The number of nitrogens with one attached hydrogen (secondary N) is 1. The van der Waals surface area contributed by atoms with Gasteiger partial charge in [-0.25, -0.2) is 0 Å². The molecule has 1 unspecified atom stereocenters. The maximum absolute atomic E-state index is 5.79. The molecule has 2 rings (SSSR count). The average molecular weight is 284 g/mol. The lowest BCUT2D eigenvalue weighted by molar-refractivity contribution is 0.410. The zero-order valence-corrected chi connectivity index (χ0v) is 13.2. The third-order valence-corrected chi connectivity index (χ3v) is 4.09. The van der Waals surface area contributed by atoms with Gasteiger partial charge in [0.15, 0.2) is 0 Å². The molecule has 112 valence electrons. The van der Waals surface area contributed by atoms with E-state index in [0.717, 1.165) is 23.3 Å². The Morgan fingerprint density at radius 1 is 1.05 bits per heavy atom. The number of hydrogen-bond donors (Lipinski definition) is 2. The summed E-state index contributed by atoms with van der Waals surface area (Å²) in [7, 11) is 1.70. The number of ether oxygens (including phenoxy) is 1. The summed E-state index contributed by atoms with van der Waals surface area (Å²) in [5.74, 6) is 6.69. The van der Waals surface area contributed by atoms with Crippen LogP contribution in [0.4, 0.5) is 0 Å². The number of methoxy groups -OCH3 is 1. The van der Waals surface area contributed by atoms with Gasteiger partial charge in [-0.15, -0.1) is 0 Å². The highest BCUT2D eigenvalue weighted by atomic mass is 16.5. The first kappa shape index (κ1) is 15.5. The summed E-state index contributed by atoms with van der Waals surface area (Å²) in [5, 5.41) is 0. The van der Waals surface area contributed by atoms with E-state index < -0.39 is 0 Å². The summed E-state index contributed by atoms with van der Waals surface area (Å²) < 4.78 is 5.41. The van der Waals surface area contributed by atoms with Crippen molar-refractivity contribution in [3.05, 3.63) is 64.2 Å². The minimum Gasteiger partial charge on any atom is -0.496 e. The fourth-order valence-electron chi connectivity index (χ4n) is 2.70. The molecular formula is C18H24N2O. The van der Waals surface area contributed by atoms with Crippen LogP contribution in [0.15, 0.2) is 36.4 Å². The Morgan fingerprint density at radius 2 is 1.71 bits per heavy atom. The lowest BCUT2D eigenvalue weighted by Crippen LogP contribution is -2.30. The number of benzene rings is 2. The topological polar surface area (TPSA) is 47.3 Å². The maximum atomic E-state index is 5.79. The maximum Gasteiger partial charge on any atom is 0.122 e. The first-order valence-corrected chi connectivity index (χ1v) is 7.22. The molecule has 21 heavy (non-hydrogen) atoms. The van der Waals surface area contributed by atoms with E-state index >= 15 is 0 Å². The van der Waals surface area contributed by atoms with Crippen LogP contribution < -0.4 is 16.0 Å². The molecule has 0 aliphatic rings. The molecule has 2 aromatic rings. The van der Waals surface area contributed by atoms with Crippen LogP contribution >= 0.6 is 0 Å². The second-order valence-corrected chi connectivity index (χ2v) is 5.52. The van der Waals surface area contributed by atoms with Gasteiger partial charge in [-0.1, -0.05) is 30.3 Å². The van der Waals surface area contributed by atoms with Crippen molar-refractivity contribution in [1.82, 2.24) is 5.43 Å². The number of hydrazine groups is 1. The number of rotatable bonds is 5. The molecule has 0 aromatic heterocycles. The lowest BCUT2D eigenvalue weighted by Gasteiger charge is -2.20. The van der Waals surface area contributed by atoms with Crippen LogP contribution in [0.1, 0.15) is 33.9 Å². The van der Waals surface area contributed by atoms with E-state index in [-0.39, 0.29) is 6.04 Å². The molecule has 2 aromatic carbocycles. The van der Waals surface area contributed by atoms with Crippen molar-refractivity contribution in [3.8, 4) is 5.75 Å². The molecule has 0 saturated carbocycles. The molecule has 0 fully saturated rings. The summed E-state index contributed by atoms with van der Waals surface area (Å²) >= 11 is 0. The Bertz CT molecular complexity index is 602. The van der Waals surface area contributed by atoms with Gasteiger partial charge in [0.05, 0.1) is 13.2 Å². The van der Waals surface area contributed by atoms with Gasteiger partial charge < -0.3 is 4.74 Å². The van der Waals surface area contributed by atoms with E-state index in [1.807, 2.05) is 6.92 Å².